The van der Waals surface area contributed by atoms with Gasteiger partial charge in [0.15, 0.2) is 11.5 Å². The van der Waals surface area contributed by atoms with Gasteiger partial charge in [-0.05, 0) is 54.2 Å². The SMILES string of the molecule is COc1cccc(CN(C(=O)CC(C)(C)C)[C@H]2CN(Cc3ccc4c(c3)OCO4)[C@](C)(C(=O)O)C2)c1. The van der Waals surface area contributed by atoms with E-state index in [1.54, 1.807) is 14.0 Å². The zero-order chi connectivity index (χ0) is 26.1. The summed E-state index contributed by atoms with van der Waals surface area (Å²) in [5.41, 5.74) is 0.580. The molecule has 2 aromatic rings. The van der Waals surface area contributed by atoms with Crippen molar-refractivity contribution in [2.24, 2.45) is 5.41 Å². The van der Waals surface area contributed by atoms with Crippen LogP contribution in [0.1, 0.15) is 51.7 Å². The van der Waals surface area contributed by atoms with Crippen LogP contribution in [0.2, 0.25) is 0 Å². The van der Waals surface area contributed by atoms with Crippen molar-refractivity contribution in [1.82, 2.24) is 9.80 Å². The lowest BCUT2D eigenvalue weighted by Crippen LogP contribution is -2.47. The van der Waals surface area contributed by atoms with E-state index in [9.17, 15) is 14.7 Å². The van der Waals surface area contributed by atoms with Gasteiger partial charge in [0, 0.05) is 32.1 Å². The Morgan fingerprint density at radius 1 is 1.14 bits per heavy atom. The molecule has 2 atom stereocenters. The Morgan fingerprint density at radius 3 is 2.58 bits per heavy atom. The first kappa shape index (κ1) is 25.8. The quantitative estimate of drug-likeness (QED) is 0.583. The summed E-state index contributed by atoms with van der Waals surface area (Å²) in [5, 5.41) is 10.3. The van der Waals surface area contributed by atoms with Gasteiger partial charge >= 0.3 is 5.97 Å². The molecule has 0 aliphatic carbocycles. The number of hydrogen-bond donors (Lipinski definition) is 1. The Morgan fingerprint density at radius 2 is 1.89 bits per heavy atom. The van der Waals surface area contributed by atoms with Gasteiger partial charge < -0.3 is 24.2 Å². The summed E-state index contributed by atoms with van der Waals surface area (Å²) in [6.07, 6.45) is 0.714. The van der Waals surface area contributed by atoms with E-state index in [2.05, 4.69) is 0 Å². The molecule has 1 N–H and O–H groups in total. The number of likely N-dealkylation sites (tertiary alicyclic amines) is 1. The van der Waals surface area contributed by atoms with Gasteiger partial charge in [-0.1, -0.05) is 39.0 Å². The fourth-order valence-corrected chi connectivity index (χ4v) is 4.98. The third kappa shape index (κ3) is 5.59. The molecule has 8 heteroatoms. The number of rotatable bonds is 8. The van der Waals surface area contributed by atoms with E-state index in [1.165, 1.54) is 0 Å². The molecule has 2 aliphatic rings. The van der Waals surface area contributed by atoms with Crippen molar-refractivity contribution >= 4 is 11.9 Å². The van der Waals surface area contributed by atoms with Gasteiger partial charge in [0.1, 0.15) is 11.3 Å². The van der Waals surface area contributed by atoms with Gasteiger partial charge in [-0.15, -0.1) is 0 Å². The van der Waals surface area contributed by atoms with Gasteiger partial charge in [0.05, 0.1) is 7.11 Å². The molecule has 1 amide bonds. The van der Waals surface area contributed by atoms with Crippen molar-refractivity contribution in [2.75, 3.05) is 20.4 Å². The summed E-state index contributed by atoms with van der Waals surface area (Å²) in [6, 6.07) is 13.1. The van der Waals surface area contributed by atoms with Crippen molar-refractivity contribution in [3.8, 4) is 17.2 Å². The second-order valence-corrected chi connectivity index (χ2v) is 11.1. The number of carboxylic acids is 1. The minimum Gasteiger partial charge on any atom is -0.497 e. The first-order valence-corrected chi connectivity index (χ1v) is 12.3. The van der Waals surface area contributed by atoms with E-state index in [1.807, 2.05) is 73.0 Å². The van der Waals surface area contributed by atoms with Crippen molar-refractivity contribution in [3.05, 3.63) is 53.6 Å². The summed E-state index contributed by atoms with van der Waals surface area (Å²) < 4.78 is 16.3. The molecule has 0 saturated carbocycles. The number of carbonyl (C=O) groups excluding carboxylic acids is 1. The smallest absolute Gasteiger partial charge is 0.323 e. The van der Waals surface area contributed by atoms with E-state index in [0.29, 0.717) is 44.0 Å². The molecule has 1 saturated heterocycles. The average molecular weight is 497 g/mol. The number of nitrogens with zero attached hydrogens (tertiary/aromatic N) is 2. The van der Waals surface area contributed by atoms with E-state index in [0.717, 1.165) is 16.9 Å². The number of ether oxygens (including phenoxy) is 3. The van der Waals surface area contributed by atoms with Crippen LogP contribution in [0.5, 0.6) is 17.2 Å². The van der Waals surface area contributed by atoms with Gasteiger partial charge in [-0.3, -0.25) is 14.5 Å². The zero-order valence-corrected chi connectivity index (χ0v) is 21.7. The Hall–Kier alpha value is -3.26. The highest BCUT2D eigenvalue weighted by molar-refractivity contribution is 5.80. The Labute approximate surface area is 212 Å². The Kier molecular flexibility index (Phi) is 7.18. The van der Waals surface area contributed by atoms with Crippen LogP contribution in [0.3, 0.4) is 0 Å². The normalized spacial score (nSPS) is 21.4. The molecular weight excluding hydrogens is 460 g/mol. The topological polar surface area (TPSA) is 88.5 Å². The molecule has 2 aromatic carbocycles. The van der Waals surface area contributed by atoms with Crippen molar-refractivity contribution in [2.45, 2.75) is 65.2 Å². The maximum absolute atomic E-state index is 13.6. The fourth-order valence-electron chi connectivity index (χ4n) is 4.98. The number of amides is 1. The van der Waals surface area contributed by atoms with Gasteiger partial charge in [-0.25, -0.2) is 0 Å². The first-order chi connectivity index (χ1) is 17.0. The maximum Gasteiger partial charge on any atom is 0.323 e. The predicted molar refractivity (Wildman–Crippen MR) is 135 cm³/mol. The number of hydrogen-bond acceptors (Lipinski definition) is 6. The van der Waals surface area contributed by atoms with Crippen LogP contribution in [0.4, 0.5) is 0 Å². The molecule has 0 bridgehead atoms. The van der Waals surface area contributed by atoms with Crippen molar-refractivity contribution in [3.63, 3.8) is 0 Å². The number of fused-ring (bicyclic) bond motifs is 1. The minimum absolute atomic E-state index is 0.0213. The highest BCUT2D eigenvalue weighted by Gasteiger charge is 2.50. The third-order valence-corrected chi connectivity index (χ3v) is 6.96. The van der Waals surface area contributed by atoms with E-state index < -0.39 is 11.5 Å². The highest BCUT2D eigenvalue weighted by atomic mass is 16.7. The lowest BCUT2D eigenvalue weighted by molar-refractivity contribution is -0.149. The van der Waals surface area contributed by atoms with Crippen molar-refractivity contribution in [1.29, 1.82) is 0 Å². The van der Waals surface area contributed by atoms with Crippen LogP contribution < -0.4 is 14.2 Å². The molecule has 0 unspecified atom stereocenters. The van der Waals surface area contributed by atoms with E-state index in [4.69, 9.17) is 14.2 Å². The van der Waals surface area contributed by atoms with Gasteiger partial charge in [0.25, 0.3) is 0 Å². The summed E-state index contributed by atoms with van der Waals surface area (Å²) in [4.78, 5) is 29.9. The molecule has 1 fully saturated rings. The summed E-state index contributed by atoms with van der Waals surface area (Å²) in [7, 11) is 1.62. The number of aliphatic carboxylic acids is 1. The lowest BCUT2D eigenvalue weighted by Gasteiger charge is -2.32. The van der Waals surface area contributed by atoms with E-state index in [-0.39, 0.29) is 24.2 Å². The molecule has 8 nitrogen and oxygen atoms in total. The van der Waals surface area contributed by atoms with Gasteiger partial charge in [-0.2, -0.15) is 0 Å². The van der Waals surface area contributed by atoms with Crippen LogP contribution >= 0.6 is 0 Å². The minimum atomic E-state index is -1.12. The Balaban J connectivity index is 1.61. The second kappa shape index (κ2) is 10.0. The molecule has 194 valence electrons. The van der Waals surface area contributed by atoms with Crippen LogP contribution in [0, 0.1) is 5.41 Å². The molecule has 0 radical (unpaired) electrons. The van der Waals surface area contributed by atoms with Crippen LogP contribution in [-0.4, -0.2) is 58.8 Å². The highest BCUT2D eigenvalue weighted by Crippen LogP contribution is 2.38. The molecule has 2 aliphatic heterocycles. The largest absolute Gasteiger partial charge is 0.497 e. The molecule has 36 heavy (non-hydrogen) atoms. The number of benzene rings is 2. The van der Waals surface area contributed by atoms with Crippen LogP contribution in [0.25, 0.3) is 0 Å². The number of carboxylic acid groups (broad SMARTS) is 1. The first-order valence-electron chi connectivity index (χ1n) is 12.3. The number of methoxy groups -OCH3 is 1. The molecule has 4 rings (SSSR count). The Bertz CT molecular complexity index is 1130. The van der Waals surface area contributed by atoms with E-state index >= 15 is 0 Å². The lowest BCUT2D eigenvalue weighted by atomic mass is 9.90. The fraction of sp³-hybridized carbons (Fsp3) is 0.500. The van der Waals surface area contributed by atoms with Crippen molar-refractivity contribution < 1.29 is 28.9 Å². The summed E-state index contributed by atoms with van der Waals surface area (Å²) in [5.74, 6) is 1.21. The number of carbonyl (C=O) groups is 2. The summed E-state index contributed by atoms with van der Waals surface area (Å²) in [6.45, 7) is 9.33. The molecule has 2 heterocycles. The zero-order valence-electron chi connectivity index (χ0n) is 21.7. The standard InChI is InChI=1S/C28H36N2O6/c1-27(2,3)14-25(31)30(16-19-7-6-8-22(11-19)34-5)21-13-28(4,26(32)33)29(17-21)15-20-9-10-23-24(12-20)36-18-35-23/h6-12,21H,13-18H2,1-5H3,(H,32,33)/t21-,28+/m1/s1. The monoisotopic (exact) mass is 496 g/mol. The maximum atomic E-state index is 13.6. The summed E-state index contributed by atoms with van der Waals surface area (Å²) >= 11 is 0. The molecule has 0 spiro atoms. The third-order valence-electron chi connectivity index (χ3n) is 6.96. The average Bonchev–Trinajstić information content (AvgIpc) is 3.41. The molecular formula is C28H36N2O6. The second-order valence-electron chi connectivity index (χ2n) is 11.1. The predicted octanol–water partition coefficient (Wildman–Crippen LogP) is 4.31. The molecule has 0 aromatic heterocycles. The van der Waals surface area contributed by atoms with Gasteiger partial charge in [0.2, 0.25) is 12.7 Å². The van der Waals surface area contributed by atoms with Crippen LogP contribution in [0.15, 0.2) is 42.5 Å². The van der Waals surface area contributed by atoms with Crippen LogP contribution in [-0.2, 0) is 22.7 Å².